The molecule has 1 heterocycles. The first kappa shape index (κ1) is 25.2. The lowest BCUT2D eigenvalue weighted by Gasteiger charge is -2.35. The Kier molecular flexibility index (Phi) is 8.41. The summed E-state index contributed by atoms with van der Waals surface area (Å²) in [6, 6.07) is 19.6. The average molecular weight is 605 g/mol. The van der Waals surface area contributed by atoms with Crippen molar-refractivity contribution in [1.82, 2.24) is 10.2 Å². The Balaban J connectivity index is 1.26. The molecule has 0 atom stereocenters. The predicted molar refractivity (Wildman–Crippen MR) is 140 cm³/mol. The fraction of sp³-hybridized carbons (Fsp3) is 0.231. The lowest BCUT2D eigenvalue weighted by Crippen LogP contribution is -2.52. The predicted octanol–water partition coefficient (Wildman–Crippen LogP) is 4.89. The van der Waals surface area contributed by atoms with Crippen LogP contribution in [-0.4, -0.2) is 42.9 Å². The molecule has 1 aliphatic heterocycles. The smallest absolute Gasteiger partial charge is 0.312 e. The Morgan fingerprint density at radius 3 is 2.31 bits per heavy atom. The van der Waals surface area contributed by atoms with Gasteiger partial charge in [0.2, 0.25) is 0 Å². The molecular weight excluding hydrogens is 581 g/mol. The van der Waals surface area contributed by atoms with Gasteiger partial charge in [-0.3, -0.25) is 9.59 Å². The summed E-state index contributed by atoms with van der Waals surface area (Å²) in [5.41, 5.74) is 2.77. The summed E-state index contributed by atoms with van der Waals surface area (Å²) < 4.78 is 20.7. The zero-order valence-electron chi connectivity index (χ0n) is 18.8. The second-order valence-electron chi connectivity index (χ2n) is 8.12. The van der Waals surface area contributed by atoms with Crippen LogP contribution in [0.2, 0.25) is 0 Å². The minimum absolute atomic E-state index is 0.274. The largest absolute Gasteiger partial charge is 0.489 e. The van der Waals surface area contributed by atoms with Crippen LogP contribution in [-0.2, 0) is 22.7 Å². The van der Waals surface area contributed by atoms with Crippen molar-refractivity contribution in [2.45, 2.75) is 13.2 Å². The molecule has 0 aromatic heterocycles. The number of ether oxygens (including phenoxy) is 1. The van der Waals surface area contributed by atoms with Gasteiger partial charge in [-0.15, -0.1) is 0 Å². The van der Waals surface area contributed by atoms with Gasteiger partial charge in [0.05, 0.1) is 0 Å². The Labute approximate surface area is 220 Å². The average Bonchev–Trinajstić information content (AvgIpc) is 2.88. The number of benzene rings is 3. The van der Waals surface area contributed by atoms with Gasteiger partial charge in [0.25, 0.3) is 0 Å². The van der Waals surface area contributed by atoms with Crippen molar-refractivity contribution in [2.24, 2.45) is 0 Å². The summed E-state index contributed by atoms with van der Waals surface area (Å²) in [6.07, 6.45) is 0. The van der Waals surface area contributed by atoms with E-state index in [1.165, 1.54) is 12.1 Å². The molecule has 0 spiro atoms. The molecule has 1 fully saturated rings. The highest BCUT2D eigenvalue weighted by Crippen LogP contribution is 2.24. The van der Waals surface area contributed by atoms with Crippen molar-refractivity contribution in [3.63, 3.8) is 0 Å². The Bertz CT molecular complexity index is 1200. The van der Waals surface area contributed by atoms with Crippen molar-refractivity contribution >= 4 is 49.4 Å². The molecule has 9 heteroatoms. The quantitative estimate of drug-likeness (QED) is 0.407. The number of carbonyl (C=O) groups excluding carboxylic acids is 2. The summed E-state index contributed by atoms with van der Waals surface area (Å²) in [5.74, 6) is -0.682. The van der Waals surface area contributed by atoms with E-state index < -0.39 is 11.8 Å². The van der Waals surface area contributed by atoms with E-state index in [0.29, 0.717) is 38.5 Å². The van der Waals surface area contributed by atoms with Gasteiger partial charge in [0, 0.05) is 53.4 Å². The molecule has 35 heavy (non-hydrogen) atoms. The van der Waals surface area contributed by atoms with E-state index >= 15 is 0 Å². The minimum Gasteiger partial charge on any atom is -0.489 e. The van der Waals surface area contributed by atoms with E-state index in [-0.39, 0.29) is 12.4 Å². The third-order valence-electron chi connectivity index (χ3n) is 5.70. The van der Waals surface area contributed by atoms with Crippen LogP contribution in [0.3, 0.4) is 0 Å². The molecular formula is C26H24Br2FN3O3. The second-order valence-corrected chi connectivity index (χ2v) is 9.83. The van der Waals surface area contributed by atoms with Gasteiger partial charge in [-0.05, 0) is 79.4 Å². The number of carbonyl (C=O) groups is 2. The first-order chi connectivity index (χ1) is 16.9. The molecule has 2 amide bonds. The SMILES string of the molecule is O=C(NCc1ccc(Br)c(Br)c1)C(=O)N1CCN(c2cccc(OCc3ccc(F)cc3)c2)CC1. The van der Waals surface area contributed by atoms with Crippen molar-refractivity contribution in [3.8, 4) is 5.75 Å². The van der Waals surface area contributed by atoms with Crippen molar-refractivity contribution in [3.05, 3.63) is 92.6 Å². The Hall–Kier alpha value is -2.91. The highest BCUT2D eigenvalue weighted by Gasteiger charge is 2.26. The van der Waals surface area contributed by atoms with Crippen LogP contribution < -0.4 is 15.0 Å². The summed E-state index contributed by atoms with van der Waals surface area (Å²) in [5, 5.41) is 2.71. The van der Waals surface area contributed by atoms with Crippen molar-refractivity contribution in [2.75, 3.05) is 31.1 Å². The molecule has 1 saturated heterocycles. The molecule has 0 saturated carbocycles. The summed E-state index contributed by atoms with van der Waals surface area (Å²) in [6.45, 7) is 2.76. The maximum atomic E-state index is 13.1. The summed E-state index contributed by atoms with van der Waals surface area (Å²) >= 11 is 6.85. The maximum absolute atomic E-state index is 13.1. The van der Waals surface area contributed by atoms with E-state index in [1.54, 1.807) is 17.0 Å². The Morgan fingerprint density at radius 2 is 1.60 bits per heavy atom. The number of rotatable bonds is 6. The number of piperazine rings is 1. The normalized spacial score (nSPS) is 13.5. The van der Waals surface area contributed by atoms with Crippen LogP contribution in [0.15, 0.2) is 75.7 Å². The van der Waals surface area contributed by atoms with E-state index in [2.05, 4.69) is 42.1 Å². The van der Waals surface area contributed by atoms with Gasteiger partial charge in [0.15, 0.2) is 0 Å². The van der Waals surface area contributed by atoms with Crippen LogP contribution in [0.4, 0.5) is 10.1 Å². The lowest BCUT2D eigenvalue weighted by molar-refractivity contribution is -0.146. The van der Waals surface area contributed by atoms with Crippen molar-refractivity contribution in [1.29, 1.82) is 0 Å². The van der Waals surface area contributed by atoms with Crippen LogP contribution in [0, 0.1) is 5.82 Å². The number of anilines is 1. The summed E-state index contributed by atoms with van der Waals surface area (Å²) in [4.78, 5) is 28.8. The van der Waals surface area contributed by atoms with Gasteiger partial charge < -0.3 is 19.9 Å². The fourth-order valence-electron chi connectivity index (χ4n) is 3.74. The van der Waals surface area contributed by atoms with Crippen molar-refractivity contribution < 1.29 is 18.7 Å². The molecule has 0 unspecified atom stereocenters. The van der Waals surface area contributed by atoms with Gasteiger partial charge >= 0.3 is 11.8 Å². The first-order valence-corrected chi connectivity index (χ1v) is 12.7. The van der Waals surface area contributed by atoms with E-state index in [9.17, 15) is 14.0 Å². The molecule has 0 bridgehead atoms. The topological polar surface area (TPSA) is 61.9 Å². The van der Waals surface area contributed by atoms with Crippen LogP contribution in [0.5, 0.6) is 5.75 Å². The molecule has 4 rings (SSSR count). The maximum Gasteiger partial charge on any atom is 0.312 e. The fourth-order valence-corrected chi connectivity index (χ4v) is 4.41. The van der Waals surface area contributed by atoms with E-state index in [0.717, 1.165) is 25.8 Å². The molecule has 3 aromatic carbocycles. The molecule has 182 valence electrons. The van der Waals surface area contributed by atoms with Gasteiger partial charge in [-0.1, -0.05) is 24.3 Å². The minimum atomic E-state index is -0.603. The number of amides is 2. The van der Waals surface area contributed by atoms with Gasteiger partial charge in [0.1, 0.15) is 18.2 Å². The molecule has 0 radical (unpaired) electrons. The number of nitrogens with one attached hydrogen (secondary N) is 1. The van der Waals surface area contributed by atoms with Gasteiger partial charge in [-0.25, -0.2) is 4.39 Å². The highest BCUT2D eigenvalue weighted by molar-refractivity contribution is 9.13. The van der Waals surface area contributed by atoms with Gasteiger partial charge in [-0.2, -0.15) is 0 Å². The monoisotopic (exact) mass is 603 g/mol. The highest BCUT2D eigenvalue weighted by atomic mass is 79.9. The van der Waals surface area contributed by atoms with Crippen LogP contribution in [0.1, 0.15) is 11.1 Å². The third kappa shape index (κ3) is 6.82. The first-order valence-electron chi connectivity index (χ1n) is 11.1. The number of hydrogen-bond acceptors (Lipinski definition) is 4. The standard InChI is InChI=1S/C26H24Br2FN3O3/c27-23-9-6-19(14-24(23)28)16-30-25(33)26(34)32-12-10-31(11-13-32)21-2-1-3-22(15-21)35-17-18-4-7-20(29)8-5-18/h1-9,14-15H,10-13,16-17H2,(H,30,33). The zero-order chi connectivity index (χ0) is 24.8. The molecule has 3 aromatic rings. The lowest BCUT2D eigenvalue weighted by atomic mass is 10.2. The van der Waals surface area contributed by atoms with E-state index in [4.69, 9.17) is 4.74 Å². The number of nitrogens with zero attached hydrogens (tertiary/aromatic N) is 2. The third-order valence-corrected chi connectivity index (χ3v) is 7.58. The zero-order valence-corrected chi connectivity index (χ0v) is 22.0. The second kappa shape index (κ2) is 11.7. The summed E-state index contributed by atoms with van der Waals surface area (Å²) in [7, 11) is 0. The molecule has 0 aliphatic carbocycles. The molecule has 6 nitrogen and oxygen atoms in total. The molecule has 1 N–H and O–H groups in total. The van der Waals surface area contributed by atoms with Crippen LogP contribution in [0.25, 0.3) is 0 Å². The number of hydrogen-bond donors (Lipinski definition) is 1. The van der Waals surface area contributed by atoms with E-state index in [1.807, 2.05) is 42.5 Å². The van der Waals surface area contributed by atoms with Crippen LogP contribution >= 0.6 is 31.9 Å². The number of halogens is 3. The molecule has 1 aliphatic rings. The Morgan fingerprint density at radius 1 is 0.886 bits per heavy atom.